The van der Waals surface area contributed by atoms with Crippen LogP contribution in [0.3, 0.4) is 0 Å². The molecular formula is C22H25N3O4S. The van der Waals surface area contributed by atoms with Gasteiger partial charge < -0.3 is 20.1 Å². The Balaban J connectivity index is 1.86. The number of phenols is 1. The number of methoxy groups -OCH3 is 1. The molecule has 0 saturated heterocycles. The van der Waals surface area contributed by atoms with Crippen LogP contribution in [0.2, 0.25) is 0 Å². The highest BCUT2D eigenvalue weighted by Crippen LogP contribution is 2.45. The average Bonchev–Trinajstić information content (AvgIpc) is 2.73. The standard InChI is InChI=1S/C22H25N3O4S/c1-3-4-10-30-22-24-20-19(21(28)25-22)17(12-8-9-14(26)16(11-12)29-2)18-13(23-20)6-5-7-15(18)27/h8-9,11,17,26H,3-7,10H2,1-2H3,(H2,23,24,25,28). The molecule has 0 fully saturated rings. The smallest absolute Gasteiger partial charge is 0.257 e. The van der Waals surface area contributed by atoms with Crippen molar-refractivity contribution in [2.75, 3.05) is 18.2 Å². The van der Waals surface area contributed by atoms with E-state index in [2.05, 4.69) is 22.2 Å². The number of aromatic nitrogens is 2. The van der Waals surface area contributed by atoms with Gasteiger partial charge in [0.2, 0.25) is 0 Å². The van der Waals surface area contributed by atoms with Gasteiger partial charge in [0, 0.05) is 29.4 Å². The van der Waals surface area contributed by atoms with Gasteiger partial charge in [0.15, 0.2) is 22.4 Å². The minimum atomic E-state index is -0.551. The minimum absolute atomic E-state index is 0.00860. The minimum Gasteiger partial charge on any atom is -0.504 e. The fourth-order valence-corrected chi connectivity index (χ4v) is 4.98. The summed E-state index contributed by atoms with van der Waals surface area (Å²) in [5.74, 6) is 1.17. The molecule has 0 spiro atoms. The van der Waals surface area contributed by atoms with Gasteiger partial charge in [-0.1, -0.05) is 31.2 Å². The second kappa shape index (κ2) is 8.55. The van der Waals surface area contributed by atoms with E-state index in [4.69, 9.17) is 4.74 Å². The Bertz CT molecular complexity index is 1080. The Labute approximate surface area is 179 Å². The molecule has 2 heterocycles. The molecule has 3 N–H and O–H groups in total. The summed E-state index contributed by atoms with van der Waals surface area (Å²) >= 11 is 1.52. The fourth-order valence-electron chi connectivity index (χ4n) is 4.03. The van der Waals surface area contributed by atoms with Crippen LogP contribution in [0.25, 0.3) is 0 Å². The van der Waals surface area contributed by atoms with E-state index in [1.807, 2.05) is 0 Å². The lowest BCUT2D eigenvalue weighted by atomic mass is 9.76. The monoisotopic (exact) mass is 427 g/mol. The van der Waals surface area contributed by atoms with Gasteiger partial charge in [0.25, 0.3) is 5.56 Å². The zero-order valence-electron chi connectivity index (χ0n) is 17.1. The summed E-state index contributed by atoms with van der Waals surface area (Å²) in [7, 11) is 1.47. The first-order chi connectivity index (χ1) is 14.5. The van der Waals surface area contributed by atoms with E-state index in [-0.39, 0.29) is 17.1 Å². The number of nitrogens with zero attached hydrogens (tertiary/aromatic N) is 1. The number of aromatic hydroxyl groups is 1. The van der Waals surface area contributed by atoms with Gasteiger partial charge in [-0.25, -0.2) is 4.98 Å². The Morgan fingerprint density at radius 3 is 2.90 bits per heavy atom. The Morgan fingerprint density at radius 2 is 2.13 bits per heavy atom. The van der Waals surface area contributed by atoms with Crippen molar-refractivity contribution in [2.24, 2.45) is 0 Å². The molecule has 1 aliphatic heterocycles. The number of allylic oxidation sites excluding steroid dienone is 2. The number of hydrogen-bond acceptors (Lipinski definition) is 7. The number of unbranched alkanes of at least 4 members (excludes halogenated alkanes) is 1. The molecule has 0 amide bonds. The van der Waals surface area contributed by atoms with E-state index in [1.165, 1.54) is 24.9 Å². The van der Waals surface area contributed by atoms with E-state index in [9.17, 15) is 14.7 Å². The van der Waals surface area contributed by atoms with Crippen LogP contribution in [0.1, 0.15) is 56.1 Å². The van der Waals surface area contributed by atoms with Gasteiger partial charge in [-0.3, -0.25) is 9.59 Å². The molecule has 1 atom stereocenters. The third-order valence-electron chi connectivity index (χ3n) is 5.51. The van der Waals surface area contributed by atoms with Gasteiger partial charge in [0.05, 0.1) is 12.7 Å². The van der Waals surface area contributed by atoms with Gasteiger partial charge >= 0.3 is 0 Å². The van der Waals surface area contributed by atoms with Crippen LogP contribution in [-0.4, -0.2) is 33.7 Å². The number of H-pyrrole nitrogens is 1. The van der Waals surface area contributed by atoms with Crippen molar-refractivity contribution in [3.63, 3.8) is 0 Å². The van der Waals surface area contributed by atoms with Crippen LogP contribution < -0.4 is 15.6 Å². The zero-order chi connectivity index (χ0) is 21.3. The molecule has 7 nitrogen and oxygen atoms in total. The number of nitrogens with one attached hydrogen (secondary N) is 2. The van der Waals surface area contributed by atoms with Crippen molar-refractivity contribution in [3.05, 3.63) is 50.9 Å². The molecule has 1 aromatic carbocycles. The summed E-state index contributed by atoms with van der Waals surface area (Å²) in [6, 6.07) is 4.94. The zero-order valence-corrected chi connectivity index (χ0v) is 17.9. The number of ether oxygens (including phenoxy) is 1. The van der Waals surface area contributed by atoms with E-state index in [0.717, 1.165) is 37.1 Å². The van der Waals surface area contributed by atoms with Crippen molar-refractivity contribution in [2.45, 2.75) is 50.1 Å². The second-order valence-corrected chi connectivity index (χ2v) is 8.58. The predicted octanol–water partition coefficient (Wildman–Crippen LogP) is 3.94. The number of ketones is 1. The number of phenolic OH excluding ortho intramolecular Hbond substituents is 1. The maximum Gasteiger partial charge on any atom is 0.257 e. The number of carbonyl (C=O) groups is 1. The van der Waals surface area contributed by atoms with Gasteiger partial charge in [-0.15, -0.1) is 0 Å². The maximum atomic E-state index is 13.1. The fraction of sp³-hybridized carbons (Fsp3) is 0.409. The molecule has 1 aliphatic carbocycles. The van der Waals surface area contributed by atoms with Crippen LogP contribution >= 0.6 is 11.8 Å². The quantitative estimate of drug-likeness (QED) is 0.364. The van der Waals surface area contributed by atoms with E-state index < -0.39 is 5.92 Å². The Morgan fingerprint density at radius 1 is 1.30 bits per heavy atom. The highest BCUT2D eigenvalue weighted by molar-refractivity contribution is 7.99. The average molecular weight is 428 g/mol. The number of Topliss-reactive ketones (excluding diaryl/α,β-unsaturated/α-hetero) is 1. The summed E-state index contributed by atoms with van der Waals surface area (Å²) in [5.41, 5.74) is 2.33. The van der Waals surface area contributed by atoms with E-state index in [0.29, 0.717) is 39.8 Å². The molecule has 2 aliphatic rings. The first kappa shape index (κ1) is 20.5. The van der Waals surface area contributed by atoms with Crippen LogP contribution in [0.15, 0.2) is 39.4 Å². The molecule has 0 saturated carbocycles. The number of fused-ring (bicyclic) bond motifs is 1. The van der Waals surface area contributed by atoms with Crippen molar-refractivity contribution in [1.29, 1.82) is 0 Å². The first-order valence-electron chi connectivity index (χ1n) is 10.2. The summed E-state index contributed by atoms with van der Waals surface area (Å²) in [5, 5.41) is 13.9. The third kappa shape index (κ3) is 3.71. The molecule has 4 rings (SSSR count). The van der Waals surface area contributed by atoms with E-state index in [1.54, 1.807) is 12.1 Å². The lowest BCUT2D eigenvalue weighted by Gasteiger charge is -2.33. The second-order valence-electron chi connectivity index (χ2n) is 7.49. The van der Waals surface area contributed by atoms with Crippen LogP contribution in [0.4, 0.5) is 5.82 Å². The third-order valence-corrected chi connectivity index (χ3v) is 6.47. The summed E-state index contributed by atoms with van der Waals surface area (Å²) in [6.45, 7) is 2.12. The number of thioether (sulfide) groups is 1. The first-order valence-corrected chi connectivity index (χ1v) is 11.2. The molecule has 158 valence electrons. The molecule has 2 aromatic rings. The van der Waals surface area contributed by atoms with Crippen molar-refractivity contribution in [3.8, 4) is 11.5 Å². The van der Waals surface area contributed by atoms with Crippen LogP contribution in [0, 0.1) is 0 Å². The summed E-state index contributed by atoms with van der Waals surface area (Å²) < 4.78 is 5.26. The lowest BCUT2D eigenvalue weighted by molar-refractivity contribution is -0.116. The van der Waals surface area contributed by atoms with E-state index >= 15 is 0 Å². The predicted molar refractivity (Wildman–Crippen MR) is 116 cm³/mol. The molecule has 0 radical (unpaired) electrons. The van der Waals surface area contributed by atoms with Gasteiger partial charge in [-0.2, -0.15) is 0 Å². The molecule has 8 heteroatoms. The van der Waals surface area contributed by atoms with Crippen LogP contribution in [-0.2, 0) is 4.79 Å². The molecule has 30 heavy (non-hydrogen) atoms. The van der Waals surface area contributed by atoms with Gasteiger partial charge in [0.1, 0.15) is 5.82 Å². The van der Waals surface area contributed by atoms with Crippen molar-refractivity contribution in [1.82, 2.24) is 9.97 Å². The molecule has 1 aromatic heterocycles. The Hall–Kier alpha value is -2.74. The lowest BCUT2D eigenvalue weighted by Crippen LogP contribution is -2.32. The highest BCUT2D eigenvalue weighted by atomic mass is 32.2. The highest BCUT2D eigenvalue weighted by Gasteiger charge is 2.38. The number of hydrogen-bond donors (Lipinski definition) is 3. The van der Waals surface area contributed by atoms with Crippen LogP contribution in [0.5, 0.6) is 11.5 Å². The topological polar surface area (TPSA) is 104 Å². The number of rotatable bonds is 6. The molecule has 1 unspecified atom stereocenters. The summed E-state index contributed by atoms with van der Waals surface area (Å²) in [6.07, 6.45) is 4.08. The molecular weight excluding hydrogens is 402 g/mol. The number of anilines is 1. The molecule has 0 bridgehead atoms. The number of carbonyl (C=O) groups excluding carboxylic acids is 1. The number of benzene rings is 1. The summed E-state index contributed by atoms with van der Waals surface area (Å²) in [4.78, 5) is 33.6. The normalized spacial score (nSPS) is 17.9. The maximum absolute atomic E-state index is 13.1. The van der Waals surface area contributed by atoms with Crippen molar-refractivity contribution >= 4 is 23.4 Å². The Kier molecular flexibility index (Phi) is 5.85. The van der Waals surface area contributed by atoms with Gasteiger partial charge in [-0.05, 0) is 37.0 Å². The largest absolute Gasteiger partial charge is 0.504 e. The SMILES string of the molecule is CCCCSc1nc2c(c(=O)[nH]1)C(c1ccc(O)c(OC)c1)C1=C(CCCC1=O)N2. The number of aromatic amines is 1. The van der Waals surface area contributed by atoms with Crippen molar-refractivity contribution < 1.29 is 14.6 Å².